The zero-order valence-electron chi connectivity index (χ0n) is 18.0. The molecule has 0 aliphatic carbocycles. The van der Waals surface area contributed by atoms with Crippen LogP contribution in [0.25, 0.3) is 0 Å². The zero-order valence-corrected chi connectivity index (χ0v) is 18.0. The van der Waals surface area contributed by atoms with E-state index in [0.717, 1.165) is 29.4 Å². The van der Waals surface area contributed by atoms with Gasteiger partial charge in [0, 0.05) is 19.1 Å². The number of benzene rings is 1. The first kappa shape index (κ1) is 22.5. The van der Waals surface area contributed by atoms with Gasteiger partial charge in [-0.2, -0.15) is 5.10 Å². The lowest BCUT2D eigenvalue weighted by atomic mass is 10.0. The highest BCUT2D eigenvalue weighted by Gasteiger charge is 2.43. The number of carbonyl (C=O) groups is 3. The van der Waals surface area contributed by atoms with Crippen LogP contribution in [0.5, 0.6) is 0 Å². The molecule has 0 spiro atoms. The van der Waals surface area contributed by atoms with Gasteiger partial charge in [-0.3, -0.25) is 19.3 Å². The van der Waals surface area contributed by atoms with E-state index in [1.54, 1.807) is 4.90 Å². The first-order chi connectivity index (χ1) is 14.9. The van der Waals surface area contributed by atoms with Gasteiger partial charge in [-0.25, -0.2) is 0 Å². The van der Waals surface area contributed by atoms with E-state index in [1.165, 1.54) is 0 Å². The van der Waals surface area contributed by atoms with E-state index < -0.39 is 12.1 Å². The normalized spacial score (nSPS) is 21.2. The van der Waals surface area contributed by atoms with Gasteiger partial charge in [-0.15, -0.1) is 0 Å². The molecule has 3 rings (SSSR count). The third-order valence-corrected chi connectivity index (χ3v) is 6.05. The summed E-state index contributed by atoms with van der Waals surface area (Å²) in [6.07, 6.45) is 3.76. The quantitative estimate of drug-likeness (QED) is 0.278. The predicted molar refractivity (Wildman–Crippen MR) is 119 cm³/mol. The molecule has 2 aliphatic heterocycles. The van der Waals surface area contributed by atoms with E-state index in [0.29, 0.717) is 25.7 Å². The number of hydrogen-bond donors (Lipinski definition) is 4. The van der Waals surface area contributed by atoms with Crippen LogP contribution in [0.4, 0.5) is 5.69 Å². The summed E-state index contributed by atoms with van der Waals surface area (Å²) in [7, 11) is 0. The largest absolute Gasteiger partial charge is 0.349 e. The van der Waals surface area contributed by atoms with Crippen LogP contribution in [0.2, 0.25) is 0 Å². The molecular formula is C22H30N6O3. The monoisotopic (exact) mass is 426 g/mol. The highest BCUT2D eigenvalue weighted by atomic mass is 16.2. The Morgan fingerprint density at radius 1 is 1.39 bits per heavy atom. The van der Waals surface area contributed by atoms with Crippen LogP contribution in [-0.2, 0) is 27.2 Å². The first-order valence-corrected chi connectivity index (χ1v) is 10.7. The maximum atomic E-state index is 13.5. The molecule has 0 bridgehead atoms. The summed E-state index contributed by atoms with van der Waals surface area (Å²) in [5, 5.41) is 16.3. The molecule has 0 saturated heterocycles. The van der Waals surface area contributed by atoms with Gasteiger partial charge in [0.25, 0.3) is 0 Å². The minimum Gasteiger partial charge on any atom is -0.349 e. The van der Waals surface area contributed by atoms with E-state index in [9.17, 15) is 14.4 Å². The molecule has 2 aliphatic rings. The number of rotatable bonds is 8. The van der Waals surface area contributed by atoms with Crippen molar-refractivity contribution < 1.29 is 14.4 Å². The predicted octanol–water partition coefficient (Wildman–Crippen LogP) is 0.892. The molecule has 1 aromatic carbocycles. The molecule has 0 fully saturated rings. The van der Waals surface area contributed by atoms with Crippen LogP contribution in [0.1, 0.15) is 44.2 Å². The van der Waals surface area contributed by atoms with E-state index in [1.807, 2.05) is 32.0 Å². The average Bonchev–Trinajstić information content (AvgIpc) is 3.10. The van der Waals surface area contributed by atoms with Crippen molar-refractivity contribution >= 4 is 35.3 Å². The summed E-state index contributed by atoms with van der Waals surface area (Å²) < 4.78 is 0. The Hall–Kier alpha value is -3.23. The maximum Gasteiger partial charge on any atom is 0.250 e. The number of nitrogens with zero attached hydrogens (tertiary/aromatic N) is 2. The van der Waals surface area contributed by atoms with Crippen molar-refractivity contribution in [2.75, 3.05) is 11.4 Å². The van der Waals surface area contributed by atoms with Crippen molar-refractivity contribution in [1.82, 2.24) is 10.6 Å². The Labute approximate surface area is 181 Å². The highest BCUT2D eigenvalue weighted by Crippen LogP contribution is 2.39. The minimum atomic E-state index is -0.722. The lowest BCUT2D eigenvalue weighted by Crippen LogP contribution is -2.55. The molecule has 31 heavy (non-hydrogen) atoms. The molecule has 9 heteroatoms. The van der Waals surface area contributed by atoms with Crippen LogP contribution in [-0.4, -0.2) is 48.3 Å². The Bertz CT molecular complexity index is 913. The molecule has 0 radical (unpaired) electrons. The summed E-state index contributed by atoms with van der Waals surface area (Å²) in [6.45, 7) is 4.04. The van der Waals surface area contributed by atoms with Gasteiger partial charge >= 0.3 is 0 Å². The lowest BCUT2D eigenvalue weighted by Gasteiger charge is -2.28. The molecule has 5 N–H and O–H groups in total. The van der Waals surface area contributed by atoms with E-state index >= 15 is 0 Å². The van der Waals surface area contributed by atoms with Crippen LogP contribution >= 0.6 is 0 Å². The second-order valence-electron chi connectivity index (χ2n) is 8.21. The molecule has 3 atom stereocenters. The summed E-state index contributed by atoms with van der Waals surface area (Å²) in [5.41, 5.74) is 2.95. The Balaban J connectivity index is 1.83. The number of carbonyl (C=O) groups excluding carboxylic acids is 3. The van der Waals surface area contributed by atoms with Gasteiger partial charge < -0.3 is 21.9 Å². The van der Waals surface area contributed by atoms with E-state index in [4.69, 9.17) is 11.3 Å². The van der Waals surface area contributed by atoms with Crippen LogP contribution in [0.15, 0.2) is 23.3 Å². The van der Waals surface area contributed by atoms with Crippen molar-refractivity contribution in [1.29, 1.82) is 5.41 Å². The van der Waals surface area contributed by atoms with Crippen LogP contribution in [0, 0.1) is 11.3 Å². The summed E-state index contributed by atoms with van der Waals surface area (Å²) in [4.78, 5) is 40.5. The Kier molecular flexibility index (Phi) is 7.04. The molecular weight excluding hydrogens is 396 g/mol. The average molecular weight is 427 g/mol. The molecule has 166 valence electrons. The number of para-hydroxylation sites is 1. The molecule has 0 unspecified atom stereocenters. The molecule has 3 amide bonds. The van der Waals surface area contributed by atoms with Crippen molar-refractivity contribution in [3.8, 4) is 0 Å². The fraction of sp³-hybridized carbons (Fsp3) is 0.500. The fourth-order valence-electron chi connectivity index (χ4n) is 4.12. The number of aryl methyl sites for hydroxylation is 1. The highest BCUT2D eigenvalue weighted by molar-refractivity contribution is 6.30. The number of nitrogens with two attached hydrogens (primary N) is 1. The van der Waals surface area contributed by atoms with E-state index in [2.05, 4.69) is 15.7 Å². The SMILES string of the molecule is CC[C@H](C)CC(=O)N[C@H]1CCc2cccc3c2N(C1=O)[C@H](C(=O)NCC(C=N)=NN)C3. The third kappa shape index (κ3) is 4.76. The molecule has 2 heterocycles. The summed E-state index contributed by atoms with van der Waals surface area (Å²) in [5.74, 6) is 4.69. The van der Waals surface area contributed by atoms with E-state index in [-0.39, 0.29) is 35.9 Å². The molecule has 0 aromatic heterocycles. The second kappa shape index (κ2) is 9.72. The number of hydrogen-bond acceptors (Lipinski definition) is 6. The second-order valence-corrected chi connectivity index (χ2v) is 8.21. The van der Waals surface area contributed by atoms with Gasteiger partial charge in [0.05, 0.1) is 17.9 Å². The summed E-state index contributed by atoms with van der Waals surface area (Å²) in [6, 6.07) is 4.44. The number of hydrazone groups is 1. The maximum absolute atomic E-state index is 13.5. The van der Waals surface area contributed by atoms with Gasteiger partial charge in [0.2, 0.25) is 17.7 Å². The Morgan fingerprint density at radius 3 is 2.81 bits per heavy atom. The standard InChI is InChI=1S/C22H30N6O3/c1-3-13(2)9-19(29)26-17-8-7-14-5-4-6-15-10-18(28(20(14)15)22(17)31)21(30)25-12-16(11-23)27-24/h4-6,11,13,17-18,23H,3,7-10,12,24H2,1-2H3,(H,25,30)(H,26,29)/t13-,17-,18-/m0/s1. The fourth-order valence-corrected chi connectivity index (χ4v) is 4.12. The van der Waals surface area contributed by atoms with Gasteiger partial charge in [0.1, 0.15) is 12.1 Å². The van der Waals surface area contributed by atoms with Crippen molar-refractivity contribution in [3.05, 3.63) is 29.3 Å². The van der Waals surface area contributed by atoms with Crippen molar-refractivity contribution in [3.63, 3.8) is 0 Å². The van der Waals surface area contributed by atoms with Crippen molar-refractivity contribution in [2.45, 2.75) is 58.0 Å². The minimum absolute atomic E-state index is 0.00956. The third-order valence-electron chi connectivity index (χ3n) is 6.05. The van der Waals surface area contributed by atoms with Crippen LogP contribution in [0.3, 0.4) is 0 Å². The summed E-state index contributed by atoms with van der Waals surface area (Å²) >= 11 is 0. The zero-order chi connectivity index (χ0) is 22.5. The van der Waals surface area contributed by atoms with Gasteiger partial charge in [-0.05, 0) is 29.9 Å². The van der Waals surface area contributed by atoms with Crippen molar-refractivity contribution in [2.24, 2.45) is 16.9 Å². The number of amides is 3. The smallest absolute Gasteiger partial charge is 0.250 e. The lowest BCUT2D eigenvalue weighted by molar-refractivity contribution is -0.129. The molecule has 9 nitrogen and oxygen atoms in total. The van der Waals surface area contributed by atoms with Gasteiger partial charge in [0.15, 0.2) is 0 Å². The molecule has 0 saturated carbocycles. The topological polar surface area (TPSA) is 141 Å². The van der Waals surface area contributed by atoms with Gasteiger partial charge in [-0.1, -0.05) is 38.5 Å². The molecule has 1 aromatic rings. The Morgan fingerprint density at radius 2 is 2.13 bits per heavy atom. The van der Waals surface area contributed by atoms with Crippen LogP contribution < -0.4 is 21.4 Å². The number of nitrogens with one attached hydrogen (secondary N) is 3. The first-order valence-electron chi connectivity index (χ1n) is 10.7. The number of anilines is 1.